The van der Waals surface area contributed by atoms with Crippen molar-refractivity contribution >= 4 is 17.3 Å². The van der Waals surface area contributed by atoms with E-state index >= 15 is 0 Å². The highest BCUT2D eigenvalue weighted by Crippen LogP contribution is 2.31. The number of aryl methyl sites for hydroxylation is 1. The third-order valence-electron chi connectivity index (χ3n) is 3.08. The predicted molar refractivity (Wildman–Crippen MR) is 76.9 cm³/mol. The third-order valence-corrected chi connectivity index (χ3v) is 3.48. The Morgan fingerprint density at radius 2 is 1.94 bits per heavy atom. The summed E-state index contributed by atoms with van der Waals surface area (Å²) in [6.45, 7) is 6.93. The summed E-state index contributed by atoms with van der Waals surface area (Å²) >= 11 is 6.07. The van der Waals surface area contributed by atoms with Gasteiger partial charge in [0.05, 0.1) is 18.4 Å². The predicted octanol–water partition coefficient (Wildman–Crippen LogP) is 3.88. The molecule has 0 bridgehead atoms. The summed E-state index contributed by atoms with van der Waals surface area (Å²) in [5, 5.41) is 4.08. The molecule has 0 aliphatic heterocycles. The van der Waals surface area contributed by atoms with E-state index in [2.05, 4.69) is 19.2 Å². The average Bonchev–Trinajstić information content (AvgIpc) is 2.33. The normalized spacial score (nSPS) is 11.4. The number of nitrogens with one attached hydrogen (secondary N) is 1. The lowest BCUT2D eigenvalue weighted by Gasteiger charge is -2.23. The van der Waals surface area contributed by atoms with Gasteiger partial charge in [-0.25, -0.2) is 0 Å². The molecule has 4 heteroatoms. The Morgan fingerprint density at radius 1 is 1.28 bits per heavy atom. The maximum atomic E-state index is 6.07. The molecule has 1 rings (SSSR count). The van der Waals surface area contributed by atoms with Crippen LogP contribution < -0.4 is 10.1 Å². The minimum absolute atomic E-state index is 0.123. The average molecular weight is 272 g/mol. The van der Waals surface area contributed by atoms with Crippen molar-refractivity contribution in [2.45, 2.75) is 32.8 Å². The van der Waals surface area contributed by atoms with Gasteiger partial charge in [0.25, 0.3) is 0 Å². The molecule has 1 N–H and O–H groups in total. The van der Waals surface area contributed by atoms with Gasteiger partial charge in [-0.2, -0.15) is 0 Å². The monoisotopic (exact) mass is 271 g/mol. The van der Waals surface area contributed by atoms with E-state index in [-0.39, 0.29) is 5.60 Å². The van der Waals surface area contributed by atoms with Crippen LogP contribution >= 0.6 is 11.6 Å². The molecule has 0 saturated heterocycles. The molecule has 0 aromatic heterocycles. The van der Waals surface area contributed by atoms with E-state index in [1.165, 1.54) is 0 Å². The van der Waals surface area contributed by atoms with Crippen LogP contribution in [-0.4, -0.2) is 26.4 Å². The van der Waals surface area contributed by atoms with Crippen LogP contribution in [0, 0.1) is 6.92 Å². The Balaban J connectivity index is 2.70. The zero-order valence-corrected chi connectivity index (χ0v) is 12.5. The summed E-state index contributed by atoms with van der Waals surface area (Å²) in [7, 11) is 3.37. The third kappa shape index (κ3) is 4.07. The van der Waals surface area contributed by atoms with Crippen LogP contribution in [0.4, 0.5) is 5.69 Å². The maximum absolute atomic E-state index is 6.07. The zero-order valence-electron chi connectivity index (χ0n) is 11.8. The van der Waals surface area contributed by atoms with Crippen LogP contribution in [0.25, 0.3) is 0 Å². The van der Waals surface area contributed by atoms with E-state index in [9.17, 15) is 0 Å². The van der Waals surface area contributed by atoms with Gasteiger partial charge in [-0.15, -0.1) is 0 Å². The summed E-state index contributed by atoms with van der Waals surface area (Å²) in [4.78, 5) is 0. The number of anilines is 1. The minimum Gasteiger partial charge on any atom is -0.495 e. The molecule has 102 valence electrons. The maximum Gasteiger partial charge on any atom is 0.143 e. The molecule has 0 amide bonds. The highest BCUT2D eigenvalue weighted by molar-refractivity contribution is 6.31. The number of benzene rings is 1. The quantitative estimate of drug-likeness (QED) is 0.852. The Hall–Kier alpha value is -0.930. The van der Waals surface area contributed by atoms with Crippen molar-refractivity contribution in [1.82, 2.24) is 0 Å². The molecule has 0 spiro atoms. The van der Waals surface area contributed by atoms with Gasteiger partial charge in [-0.05, 0) is 38.8 Å². The van der Waals surface area contributed by atoms with Crippen LogP contribution in [0.2, 0.25) is 5.02 Å². The molecular weight excluding hydrogens is 250 g/mol. The molecule has 1 aromatic rings. The highest BCUT2D eigenvalue weighted by atomic mass is 35.5. The van der Waals surface area contributed by atoms with Crippen molar-refractivity contribution in [2.24, 2.45) is 0 Å². The number of rotatable bonds is 6. The molecule has 0 saturated carbocycles. The second kappa shape index (κ2) is 6.30. The highest BCUT2D eigenvalue weighted by Gasteiger charge is 2.16. The van der Waals surface area contributed by atoms with Crippen LogP contribution in [0.5, 0.6) is 5.75 Å². The van der Waals surface area contributed by atoms with Crippen molar-refractivity contribution in [2.75, 3.05) is 26.1 Å². The first-order valence-corrected chi connectivity index (χ1v) is 6.40. The molecule has 0 fully saturated rings. The lowest BCUT2D eigenvalue weighted by molar-refractivity contribution is 0.0185. The van der Waals surface area contributed by atoms with Gasteiger partial charge in [0.2, 0.25) is 0 Å². The van der Waals surface area contributed by atoms with Gasteiger partial charge in [0, 0.05) is 24.7 Å². The van der Waals surface area contributed by atoms with Crippen molar-refractivity contribution < 1.29 is 9.47 Å². The number of halogens is 1. The lowest BCUT2D eigenvalue weighted by Crippen LogP contribution is -2.25. The SMILES string of the molecule is COc1cc(Cl)c(C)cc1NCCC(C)(C)OC. The number of hydrogen-bond donors (Lipinski definition) is 1. The molecule has 0 radical (unpaired) electrons. The second-order valence-corrected chi connectivity index (χ2v) is 5.35. The van der Waals surface area contributed by atoms with E-state index in [0.29, 0.717) is 0 Å². The number of methoxy groups -OCH3 is 2. The smallest absolute Gasteiger partial charge is 0.143 e. The Bertz CT molecular complexity index is 405. The summed E-state index contributed by atoms with van der Waals surface area (Å²) in [6, 6.07) is 3.83. The first-order chi connectivity index (χ1) is 8.39. The van der Waals surface area contributed by atoms with Gasteiger partial charge in [-0.1, -0.05) is 11.6 Å². The van der Waals surface area contributed by atoms with Gasteiger partial charge in [0.15, 0.2) is 0 Å². The minimum atomic E-state index is -0.123. The Morgan fingerprint density at radius 3 is 2.50 bits per heavy atom. The van der Waals surface area contributed by atoms with Crippen molar-refractivity contribution in [3.63, 3.8) is 0 Å². The van der Waals surface area contributed by atoms with Gasteiger partial charge in [0.1, 0.15) is 5.75 Å². The molecule has 0 atom stereocenters. The fourth-order valence-corrected chi connectivity index (χ4v) is 1.72. The topological polar surface area (TPSA) is 30.5 Å². The first-order valence-electron chi connectivity index (χ1n) is 6.03. The van der Waals surface area contributed by atoms with Crippen molar-refractivity contribution in [3.8, 4) is 5.75 Å². The molecule has 0 heterocycles. The molecule has 0 aliphatic rings. The molecule has 18 heavy (non-hydrogen) atoms. The summed E-state index contributed by atoms with van der Waals surface area (Å²) in [6.07, 6.45) is 0.911. The standard InChI is InChI=1S/C14H22ClNO2/c1-10-8-12(13(17-4)9-11(10)15)16-7-6-14(2,3)18-5/h8-9,16H,6-7H2,1-5H3. The fourth-order valence-electron chi connectivity index (χ4n) is 1.57. The summed E-state index contributed by atoms with van der Waals surface area (Å²) < 4.78 is 10.7. The van der Waals surface area contributed by atoms with Crippen molar-refractivity contribution in [3.05, 3.63) is 22.7 Å². The molecule has 1 aromatic carbocycles. The number of hydrogen-bond acceptors (Lipinski definition) is 3. The Labute approximate surface area is 114 Å². The molecular formula is C14H22ClNO2. The van der Waals surface area contributed by atoms with Gasteiger partial charge >= 0.3 is 0 Å². The summed E-state index contributed by atoms with van der Waals surface area (Å²) in [5.74, 6) is 0.765. The van der Waals surface area contributed by atoms with E-state index in [1.807, 2.05) is 19.1 Å². The van der Waals surface area contributed by atoms with Crippen LogP contribution in [0.3, 0.4) is 0 Å². The van der Waals surface area contributed by atoms with Crippen molar-refractivity contribution in [1.29, 1.82) is 0 Å². The van der Waals surface area contributed by atoms with Crippen LogP contribution in [-0.2, 0) is 4.74 Å². The largest absolute Gasteiger partial charge is 0.495 e. The zero-order chi connectivity index (χ0) is 13.8. The first kappa shape index (κ1) is 15.1. The van der Waals surface area contributed by atoms with Crippen LogP contribution in [0.1, 0.15) is 25.8 Å². The van der Waals surface area contributed by atoms with Gasteiger partial charge in [-0.3, -0.25) is 0 Å². The molecule has 0 unspecified atom stereocenters. The van der Waals surface area contributed by atoms with Crippen LogP contribution in [0.15, 0.2) is 12.1 Å². The summed E-state index contributed by atoms with van der Waals surface area (Å²) in [5.41, 5.74) is 1.87. The number of ether oxygens (including phenoxy) is 2. The van der Waals surface area contributed by atoms with E-state index in [4.69, 9.17) is 21.1 Å². The van der Waals surface area contributed by atoms with E-state index < -0.39 is 0 Å². The van der Waals surface area contributed by atoms with E-state index in [1.54, 1.807) is 14.2 Å². The second-order valence-electron chi connectivity index (χ2n) is 4.94. The molecule has 0 aliphatic carbocycles. The Kier molecular flexibility index (Phi) is 5.29. The fraction of sp³-hybridized carbons (Fsp3) is 0.571. The molecule has 3 nitrogen and oxygen atoms in total. The van der Waals surface area contributed by atoms with E-state index in [0.717, 1.165) is 35.0 Å². The lowest BCUT2D eigenvalue weighted by atomic mass is 10.1. The van der Waals surface area contributed by atoms with Gasteiger partial charge < -0.3 is 14.8 Å².